The highest BCUT2D eigenvalue weighted by molar-refractivity contribution is 5.93. The Labute approximate surface area is 149 Å². The number of carbonyl (C=O) groups excluding carboxylic acids is 2. The van der Waals surface area contributed by atoms with Gasteiger partial charge in [-0.3, -0.25) is 9.59 Å². The Morgan fingerprint density at radius 1 is 1.36 bits per heavy atom. The zero-order valence-electron chi connectivity index (χ0n) is 15.0. The van der Waals surface area contributed by atoms with Gasteiger partial charge in [-0.15, -0.1) is 0 Å². The third-order valence-corrected chi connectivity index (χ3v) is 5.55. The zero-order valence-corrected chi connectivity index (χ0v) is 15.0. The smallest absolute Gasteiger partial charge is 0.248 e. The summed E-state index contributed by atoms with van der Waals surface area (Å²) in [5.41, 5.74) is 6.04. The van der Waals surface area contributed by atoms with Crippen molar-refractivity contribution in [2.24, 2.45) is 11.1 Å². The number of hydrogen-bond donors (Lipinski definition) is 1. The lowest BCUT2D eigenvalue weighted by Gasteiger charge is -2.48. The maximum atomic E-state index is 12.2. The molecule has 0 aromatic carbocycles. The first kappa shape index (κ1) is 17.7. The molecule has 2 N–H and O–H groups in total. The second-order valence-corrected chi connectivity index (χ2v) is 7.46. The minimum atomic E-state index is -0.427. The molecule has 1 atom stereocenters. The van der Waals surface area contributed by atoms with Crippen LogP contribution in [0.15, 0.2) is 18.3 Å². The first-order valence-electron chi connectivity index (χ1n) is 9.32. The van der Waals surface area contributed by atoms with E-state index in [0.717, 1.165) is 64.1 Å². The Morgan fingerprint density at radius 2 is 2.20 bits per heavy atom. The fourth-order valence-electron chi connectivity index (χ4n) is 4.14. The number of primary amides is 1. The molecule has 0 saturated carbocycles. The largest absolute Gasteiger partial charge is 0.366 e. The summed E-state index contributed by atoms with van der Waals surface area (Å²) >= 11 is 0. The minimum Gasteiger partial charge on any atom is -0.366 e. The monoisotopic (exact) mass is 344 g/mol. The number of piperidine rings is 2. The Bertz CT molecular complexity index is 648. The second kappa shape index (κ2) is 7.42. The van der Waals surface area contributed by atoms with Gasteiger partial charge < -0.3 is 15.5 Å². The van der Waals surface area contributed by atoms with Crippen LogP contribution < -0.4 is 10.6 Å². The van der Waals surface area contributed by atoms with Gasteiger partial charge in [0.25, 0.3) is 0 Å². The molecule has 2 fully saturated rings. The highest BCUT2D eigenvalue weighted by Gasteiger charge is 2.41. The van der Waals surface area contributed by atoms with E-state index in [1.54, 1.807) is 18.3 Å². The summed E-state index contributed by atoms with van der Waals surface area (Å²) in [7, 11) is 0. The first-order chi connectivity index (χ1) is 12.0. The number of hydrogen-bond acceptors (Lipinski definition) is 4. The third kappa shape index (κ3) is 3.94. The molecule has 0 unspecified atom stereocenters. The topological polar surface area (TPSA) is 79.5 Å². The van der Waals surface area contributed by atoms with Crippen molar-refractivity contribution in [3.8, 4) is 0 Å². The predicted octanol–water partition coefficient (Wildman–Crippen LogP) is 2.19. The highest BCUT2D eigenvalue weighted by atomic mass is 16.2. The number of pyridine rings is 1. The van der Waals surface area contributed by atoms with Gasteiger partial charge in [-0.1, -0.05) is 13.3 Å². The average Bonchev–Trinajstić information content (AvgIpc) is 2.63. The molecule has 2 amide bonds. The fourth-order valence-corrected chi connectivity index (χ4v) is 4.14. The van der Waals surface area contributed by atoms with Gasteiger partial charge in [0.15, 0.2) is 0 Å². The summed E-state index contributed by atoms with van der Waals surface area (Å²) in [6, 6.07) is 3.43. The number of likely N-dealkylation sites (tertiary alicyclic amines) is 1. The molecule has 2 aliphatic heterocycles. The highest BCUT2D eigenvalue weighted by Crippen LogP contribution is 2.40. The standard InChI is InChI=1S/C19H28N4O2/c1-2-3-10-23-14-19(8-5-17(23)24)7-4-11-22(13-19)16-12-15(18(20)25)6-9-21-16/h6,9,12H,2-5,7-8,10-11,13-14H2,1H3,(H2,20,25)/t19-/m0/s1. The Balaban J connectivity index is 1.75. The van der Waals surface area contributed by atoms with Crippen LogP contribution in [0.3, 0.4) is 0 Å². The maximum absolute atomic E-state index is 12.2. The number of unbranched alkanes of at least 4 members (excludes halogenated alkanes) is 1. The van der Waals surface area contributed by atoms with Gasteiger partial charge in [-0.2, -0.15) is 0 Å². The summed E-state index contributed by atoms with van der Waals surface area (Å²) in [6.07, 6.45) is 7.63. The van der Waals surface area contributed by atoms with Crippen LogP contribution in [0.1, 0.15) is 55.8 Å². The number of rotatable bonds is 5. The van der Waals surface area contributed by atoms with Crippen molar-refractivity contribution in [2.75, 3.05) is 31.1 Å². The van der Waals surface area contributed by atoms with E-state index in [2.05, 4.69) is 21.7 Å². The van der Waals surface area contributed by atoms with Gasteiger partial charge >= 0.3 is 0 Å². The van der Waals surface area contributed by atoms with Crippen molar-refractivity contribution in [3.63, 3.8) is 0 Å². The van der Waals surface area contributed by atoms with Crippen molar-refractivity contribution in [1.82, 2.24) is 9.88 Å². The summed E-state index contributed by atoms with van der Waals surface area (Å²) in [4.78, 5) is 32.4. The Kier molecular flexibility index (Phi) is 5.25. The van der Waals surface area contributed by atoms with E-state index in [1.165, 1.54) is 0 Å². The molecule has 2 aliphatic rings. The van der Waals surface area contributed by atoms with Gasteiger partial charge in [-0.25, -0.2) is 4.98 Å². The van der Waals surface area contributed by atoms with Crippen LogP contribution in [0.4, 0.5) is 5.82 Å². The molecule has 0 radical (unpaired) electrons. The van der Waals surface area contributed by atoms with Gasteiger partial charge in [0.1, 0.15) is 5.82 Å². The van der Waals surface area contributed by atoms with Gasteiger partial charge in [0, 0.05) is 49.8 Å². The van der Waals surface area contributed by atoms with E-state index in [4.69, 9.17) is 5.73 Å². The molecular weight excluding hydrogens is 316 g/mol. The molecule has 0 bridgehead atoms. The molecule has 0 aliphatic carbocycles. The molecule has 6 heteroatoms. The number of aromatic nitrogens is 1. The molecule has 3 rings (SSSR count). The molecule has 3 heterocycles. The fraction of sp³-hybridized carbons (Fsp3) is 0.632. The van der Waals surface area contributed by atoms with E-state index < -0.39 is 5.91 Å². The second-order valence-electron chi connectivity index (χ2n) is 7.46. The maximum Gasteiger partial charge on any atom is 0.248 e. The van der Waals surface area contributed by atoms with Crippen LogP contribution in [0.5, 0.6) is 0 Å². The van der Waals surface area contributed by atoms with Crippen molar-refractivity contribution >= 4 is 17.6 Å². The zero-order chi connectivity index (χ0) is 17.9. The SMILES string of the molecule is CCCCN1C[C@@]2(CCCN(c3cc(C(N)=O)ccn3)C2)CCC1=O. The third-order valence-electron chi connectivity index (χ3n) is 5.55. The van der Waals surface area contributed by atoms with Crippen molar-refractivity contribution in [1.29, 1.82) is 0 Å². The quantitative estimate of drug-likeness (QED) is 0.888. The predicted molar refractivity (Wildman–Crippen MR) is 97.4 cm³/mol. The summed E-state index contributed by atoms with van der Waals surface area (Å²) < 4.78 is 0. The summed E-state index contributed by atoms with van der Waals surface area (Å²) in [5.74, 6) is 0.682. The molecule has 136 valence electrons. The molecule has 2 saturated heterocycles. The summed E-state index contributed by atoms with van der Waals surface area (Å²) in [6.45, 7) is 5.69. The number of amides is 2. The van der Waals surface area contributed by atoms with Gasteiger partial charge in [-0.05, 0) is 37.8 Å². The van der Waals surface area contributed by atoms with Crippen molar-refractivity contribution < 1.29 is 9.59 Å². The van der Waals surface area contributed by atoms with Crippen LogP contribution in [0.25, 0.3) is 0 Å². The Morgan fingerprint density at radius 3 is 2.96 bits per heavy atom. The minimum absolute atomic E-state index is 0.143. The Hall–Kier alpha value is -2.11. The van der Waals surface area contributed by atoms with Crippen LogP contribution >= 0.6 is 0 Å². The molecular formula is C19H28N4O2. The van der Waals surface area contributed by atoms with Crippen molar-refractivity contribution in [2.45, 2.75) is 45.4 Å². The lowest BCUT2D eigenvalue weighted by atomic mass is 9.73. The van der Waals surface area contributed by atoms with E-state index in [1.807, 2.05) is 0 Å². The van der Waals surface area contributed by atoms with E-state index in [0.29, 0.717) is 17.9 Å². The summed E-state index contributed by atoms with van der Waals surface area (Å²) in [5, 5.41) is 0. The van der Waals surface area contributed by atoms with Crippen LogP contribution in [-0.4, -0.2) is 47.9 Å². The lowest BCUT2D eigenvalue weighted by molar-refractivity contribution is -0.138. The van der Waals surface area contributed by atoms with Crippen LogP contribution in [0.2, 0.25) is 0 Å². The number of carbonyl (C=O) groups is 2. The van der Waals surface area contributed by atoms with Gasteiger partial charge in [0.2, 0.25) is 11.8 Å². The van der Waals surface area contributed by atoms with E-state index in [-0.39, 0.29) is 5.41 Å². The number of nitrogens with two attached hydrogens (primary N) is 1. The average molecular weight is 344 g/mol. The van der Waals surface area contributed by atoms with Crippen LogP contribution in [-0.2, 0) is 4.79 Å². The molecule has 25 heavy (non-hydrogen) atoms. The molecule has 6 nitrogen and oxygen atoms in total. The van der Waals surface area contributed by atoms with E-state index >= 15 is 0 Å². The van der Waals surface area contributed by atoms with Crippen molar-refractivity contribution in [3.05, 3.63) is 23.9 Å². The number of anilines is 1. The van der Waals surface area contributed by atoms with Crippen LogP contribution in [0, 0.1) is 5.41 Å². The first-order valence-corrected chi connectivity index (χ1v) is 9.32. The normalized spacial score (nSPS) is 24.0. The van der Waals surface area contributed by atoms with Gasteiger partial charge in [0.05, 0.1) is 0 Å². The molecule has 1 aromatic heterocycles. The lowest BCUT2D eigenvalue weighted by Crippen LogP contribution is -2.54. The number of nitrogens with zero attached hydrogens (tertiary/aromatic N) is 3. The molecule has 1 spiro atoms. The molecule has 1 aromatic rings. The van der Waals surface area contributed by atoms with E-state index in [9.17, 15) is 9.59 Å².